The predicted molar refractivity (Wildman–Crippen MR) is 101 cm³/mol. The Labute approximate surface area is 167 Å². The Morgan fingerprint density at radius 2 is 1.17 bits per heavy atom. The van der Waals surface area contributed by atoms with E-state index < -0.39 is 17.1 Å². The van der Waals surface area contributed by atoms with Crippen LogP contribution >= 0.6 is 0 Å². The lowest BCUT2D eigenvalue weighted by Crippen LogP contribution is -2.55. The molecule has 0 spiro atoms. The van der Waals surface area contributed by atoms with Gasteiger partial charge >= 0.3 is 17.1 Å². The second-order valence-corrected chi connectivity index (χ2v) is 6.73. The Balaban J connectivity index is 1.72. The highest BCUT2D eigenvalue weighted by Gasteiger charge is 2.23. The quantitative estimate of drug-likeness (QED) is 0.188. The normalized spacial score (nSPS) is 20.0. The van der Waals surface area contributed by atoms with E-state index in [9.17, 15) is 14.4 Å². The topological polar surface area (TPSA) is 119 Å². The number of rotatable bonds is 15. The third kappa shape index (κ3) is 6.47. The van der Waals surface area contributed by atoms with Crippen molar-refractivity contribution < 1.29 is 23.7 Å². The molecule has 0 saturated carbocycles. The van der Waals surface area contributed by atoms with E-state index in [0.717, 1.165) is 13.7 Å². The molecular formula is C18H27N3O8. The molecule has 29 heavy (non-hydrogen) atoms. The molecule has 2 fully saturated rings. The molecule has 11 nitrogen and oxygen atoms in total. The second kappa shape index (κ2) is 10.6. The second-order valence-electron chi connectivity index (χ2n) is 6.73. The number of epoxide rings is 2. The lowest BCUT2D eigenvalue weighted by molar-refractivity contribution is 0.101. The van der Waals surface area contributed by atoms with Gasteiger partial charge < -0.3 is 23.7 Å². The molecule has 1 aromatic rings. The van der Waals surface area contributed by atoms with Crippen molar-refractivity contribution in [1.82, 2.24) is 13.7 Å². The first-order chi connectivity index (χ1) is 14.1. The van der Waals surface area contributed by atoms with Gasteiger partial charge in [-0.15, -0.1) is 6.58 Å². The average molecular weight is 413 g/mol. The standard InChI is InChI=1S/C18H27N3O8/c1-2-6-25-7-3-19-16(22)20(4-8-26-10-14-12-28-14)18(24)21(17(19)23)5-9-27-11-15-13-29-15/h2,14-15H,1,3-13H2. The van der Waals surface area contributed by atoms with Crippen molar-refractivity contribution in [3.05, 3.63) is 44.1 Å². The van der Waals surface area contributed by atoms with Gasteiger partial charge in [0.15, 0.2) is 0 Å². The fourth-order valence-electron chi connectivity index (χ4n) is 2.65. The molecule has 0 radical (unpaired) electrons. The molecular weight excluding hydrogens is 386 g/mol. The van der Waals surface area contributed by atoms with Crippen LogP contribution in [0.2, 0.25) is 0 Å². The van der Waals surface area contributed by atoms with Crippen LogP contribution in [0.15, 0.2) is 27.0 Å². The van der Waals surface area contributed by atoms with Gasteiger partial charge in [0, 0.05) is 0 Å². The maximum absolute atomic E-state index is 12.7. The zero-order valence-corrected chi connectivity index (χ0v) is 16.3. The maximum Gasteiger partial charge on any atom is 0.336 e. The smallest absolute Gasteiger partial charge is 0.336 e. The number of hydrogen-bond donors (Lipinski definition) is 0. The molecule has 1 aromatic heterocycles. The summed E-state index contributed by atoms with van der Waals surface area (Å²) in [7, 11) is 0. The minimum absolute atomic E-state index is 0.0271. The molecule has 0 aromatic carbocycles. The summed E-state index contributed by atoms with van der Waals surface area (Å²) in [6.07, 6.45) is 1.75. The van der Waals surface area contributed by atoms with Gasteiger partial charge in [-0.05, 0) is 0 Å². The average Bonchev–Trinajstić information content (AvgIpc) is 3.61. The Morgan fingerprint density at radius 3 is 1.52 bits per heavy atom. The first-order valence-corrected chi connectivity index (χ1v) is 9.63. The van der Waals surface area contributed by atoms with E-state index in [1.165, 1.54) is 0 Å². The number of nitrogens with zero attached hydrogens (tertiary/aromatic N) is 3. The summed E-state index contributed by atoms with van der Waals surface area (Å²) in [6.45, 7) is 6.56. The fraction of sp³-hybridized carbons (Fsp3) is 0.722. The lowest BCUT2D eigenvalue weighted by atomic mass is 10.5. The predicted octanol–water partition coefficient (Wildman–Crippen LogP) is -1.79. The van der Waals surface area contributed by atoms with Gasteiger partial charge in [0.2, 0.25) is 0 Å². The highest BCUT2D eigenvalue weighted by atomic mass is 16.6. The summed E-state index contributed by atoms with van der Waals surface area (Å²) < 4.78 is 29.3. The molecule has 2 saturated heterocycles. The minimum atomic E-state index is -0.683. The van der Waals surface area contributed by atoms with Gasteiger partial charge in [0.25, 0.3) is 0 Å². The largest absolute Gasteiger partial charge is 0.377 e. The van der Waals surface area contributed by atoms with Gasteiger partial charge in [-0.3, -0.25) is 0 Å². The maximum atomic E-state index is 12.7. The number of aromatic nitrogens is 3. The minimum Gasteiger partial charge on any atom is -0.377 e. The Hall–Kier alpha value is -2.05. The van der Waals surface area contributed by atoms with Crippen molar-refractivity contribution in [3.8, 4) is 0 Å². The summed E-state index contributed by atoms with van der Waals surface area (Å²) in [6, 6.07) is 0. The third-order valence-electron chi connectivity index (χ3n) is 4.41. The van der Waals surface area contributed by atoms with E-state index in [1.54, 1.807) is 6.08 Å². The van der Waals surface area contributed by atoms with Gasteiger partial charge in [-0.25, -0.2) is 28.1 Å². The van der Waals surface area contributed by atoms with Gasteiger partial charge in [-0.1, -0.05) is 6.08 Å². The molecule has 162 valence electrons. The van der Waals surface area contributed by atoms with E-state index in [1.807, 2.05) is 0 Å². The van der Waals surface area contributed by atoms with Gasteiger partial charge in [-0.2, -0.15) is 0 Å². The van der Waals surface area contributed by atoms with E-state index in [0.29, 0.717) is 33.0 Å². The zero-order chi connectivity index (χ0) is 20.6. The number of hydrogen-bond acceptors (Lipinski definition) is 8. The molecule has 11 heteroatoms. The summed E-state index contributed by atoms with van der Waals surface area (Å²) in [5, 5.41) is 0. The van der Waals surface area contributed by atoms with Crippen LogP contribution in [0.4, 0.5) is 0 Å². The fourth-order valence-corrected chi connectivity index (χ4v) is 2.65. The molecule has 3 heterocycles. The Bertz CT molecular complexity index is 792. The molecule has 0 amide bonds. The molecule has 3 rings (SSSR count). The van der Waals surface area contributed by atoms with Gasteiger partial charge in [0.05, 0.1) is 72.5 Å². The van der Waals surface area contributed by atoms with Crippen LogP contribution in [-0.2, 0) is 43.3 Å². The Kier molecular flexibility index (Phi) is 7.95. The van der Waals surface area contributed by atoms with E-state index >= 15 is 0 Å². The molecule has 2 atom stereocenters. The molecule has 2 unspecified atom stereocenters. The molecule has 2 aliphatic rings. The van der Waals surface area contributed by atoms with Crippen molar-refractivity contribution in [1.29, 1.82) is 0 Å². The van der Waals surface area contributed by atoms with Crippen LogP contribution in [0.5, 0.6) is 0 Å². The van der Waals surface area contributed by atoms with Crippen molar-refractivity contribution in [2.75, 3.05) is 52.9 Å². The summed E-state index contributed by atoms with van der Waals surface area (Å²) in [5.74, 6) is 0. The van der Waals surface area contributed by atoms with Crippen LogP contribution in [-0.4, -0.2) is 78.8 Å². The van der Waals surface area contributed by atoms with E-state index in [4.69, 9.17) is 23.7 Å². The highest BCUT2D eigenvalue weighted by molar-refractivity contribution is 4.80. The summed E-state index contributed by atoms with van der Waals surface area (Å²) in [5.41, 5.74) is -2.05. The molecule has 2 aliphatic heterocycles. The third-order valence-corrected chi connectivity index (χ3v) is 4.41. The van der Waals surface area contributed by atoms with Crippen LogP contribution in [0.25, 0.3) is 0 Å². The summed E-state index contributed by atoms with van der Waals surface area (Å²) in [4.78, 5) is 38.1. The lowest BCUT2D eigenvalue weighted by Gasteiger charge is -2.14. The van der Waals surface area contributed by atoms with E-state index in [2.05, 4.69) is 6.58 Å². The number of ether oxygens (including phenoxy) is 5. The first kappa shape index (κ1) is 21.7. The molecule has 0 bridgehead atoms. The van der Waals surface area contributed by atoms with Gasteiger partial charge in [0.1, 0.15) is 12.2 Å². The monoisotopic (exact) mass is 413 g/mol. The molecule has 0 aliphatic carbocycles. The SMILES string of the molecule is C=CCOCCn1c(=O)n(CCOCC2CO2)c(=O)n(CCOCC2CO2)c1=O. The van der Waals surface area contributed by atoms with Crippen molar-refractivity contribution in [2.45, 2.75) is 31.8 Å². The van der Waals surface area contributed by atoms with Crippen molar-refractivity contribution >= 4 is 0 Å². The van der Waals surface area contributed by atoms with Crippen molar-refractivity contribution in [2.24, 2.45) is 0 Å². The van der Waals surface area contributed by atoms with Crippen LogP contribution in [0.1, 0.15) is 0 Å². The zero-order valence-electron chi connectivity index (χ0n) is 16.3. The molecule has 0 N–H and O–H groups in total. The van der Waals surface area contributed by atoms with Crippen LogP contribution in [0.3, 0.4) is 0 Å². The Morgan fingerprint density at radius 1 is 0.793 bits per heavy atom. The van der Waals surface area contributed by atoms with Crippen molar-refractivity contribution in [3.63, 3.8) is 0 Å². The first-order valence-electron chi connectivity index (χ1n) is 9.63. The highest BCUT2D eigenvalue weighted by Crippen LogP contribution is 2.08. The van der Waals surface area contributed by atoms with E-state index in [-0.39, 0.29) is 51.7 Å². The summed E-state index contributed by atoms with van der Waals surface area (Å²) >= 11 is 0. The van der Waals surface area contributed by atoms with Crippen LogP contribution < -0.4 is 17.1 Å². The van der Waals surface area contributed by atoms with Crippen LogP contribution in [0, 0.1) is 0 Å².